The lowest BCUT2D eigenvalue weighted by Crippen LogP contribution is -2.17. The Kier molecular flexibility index (Phi) is 3.78. The van der Waals surface area contributed by atoms with Gasteiger partial charge in [0.2, 0.25) is 5.69 Å². The van der Waals surface area contributed by atoms with Crippen LogP contribution in [0.4, 0.5) is 11.4 Å². The zero-order valence-corrected chi connectivity index (χ0v) is 12.7. The molecule has 0 unspecified atom stereocenters. The summed E-state index contributed by atoms with van der Waals surface area (Å²) in [4.78, 5) is 22.5. The first-order chi connectivity index (χ1) is 11.0. The molecular weight excluding hydrogens is 328 g/mol. The molecule has 23 heavy (non-hydrogen) atoms. The molecule has 2 aromatic rings. The number of aryl methyl sites for hydroxylation is 1. The van der Waals surface area contributed by atoms with Crippen LogP contribution in [-0.2, 0) is 7.05 Å². The second-order valence-corrected chi connectivity index (χ2v) is 5.13. The molecule has 0 saturated heterocycles. The molecule has 9 nitrogen and oxygen atoms in total. The molecule has 1 amide bonds. The maximum atomic E-state index is 12.3. The lowest BCUT2D eigenvalue weighted by atomic mass is 10.2. The molecule has 0 aliphatic carbocycles. The molecule has 10 heteroatoms. The minimum atomic E-state index is -0.740. The molecule has 1 N–H and O–H groups in total. The van der Waals surface area contributed by atoms with Gasteiger partial charge in [0.25, 0.3) is 5.91 Å². The summed E-state index contributed by atoms with van der Waals surface area (Å²) in [6.45, 7) is 0.795. The zero-order chi connectivity index (χ0) is 16.6. The van der Waals surface area contributed by atoms with Crippen molar-refractivity contribution in [3.63, 3.8) is 0 Å². The van der Waals surface area contributed by atoms with Crippen LogP contribution < -0.4 is 14.8 Å². The van der Waals surface area contributed by atoms with Gasteiger partial charge < -0.3 is 14.8 Å². The SMILES string of the molecule is Cn1cc([N+](=O)[O-])c(C(=O)Nc2cc3c(cc2Cl)OCCO3)n1. The molecule has 0 atom stereocenters. The number of fused-ring (bicyclic) bond motifs is 1. The molecule has 1 aliphatic rings. The van der Waals surface area contributed by atoms with Crippen molar-refractivity contribution < 1.29 is 19.2 Å². The van der Waals surface area contributed by atoms with Crippen LogP contribution in [0.25, 0.3) is 0 Å². The number of nitrogens with zero attached hydrogens (tertiary/aromatic N) is 3. The number of rotatable bonds is 3. The number of hydrogen-bond acceptors (Lipinski definition) is 6. The van der Waals surface area contributed by atoms with Gasteiger partial charge in [-0.1, -0.05) is 11.6 Å². The monoisotopic (exact) mass is 338 g/mol. The Balaban J connectivity index is 1.90. The second-order valence-electron chi connectivity index (χ2n) is 4.72. The van der Waals surface area contributed by atoms with Gasteiger partial charge in [0.1, 0.15) is 19.4 Å². The normalized spacial score (nSPS) is 12.8. The van der Waals surface area contributed by atoms with Crippen molar-refractivity contribution in [2.45, 2.75) is 0 Å². The quantitative estimate of drug-likeness (QED) is 0.677. The van der Waals surface area contributed by atoms with Gasteiger partial charge in [0.15, 0.2) is 11.5 Å². The van der Waals surface area contributed by atoms with Gasteiger partial charge >= 0.3 is 5.69 Å². The van der Waals surface area contributed by atoms with E-state index in [2.05, 4.69) is 10.4 Å². The molecule has 1 aromatic carbocycles. The van der Waals surface area contributed by atoms with Gasteiger partial charge in [-0.3, -0.25) is 19.6 Å². The van der Waals surface area contributed by atoms with Crippen molar-refractivity contribution in [3.05, 3.63) is 39.2 Å². The minimum absolute atomic E-state index is 0.223. The lowest BCUT2D eigenvalue weighted by molar-refractivity contribution is -0.385. The Morgan fingerprint density at radius 2 is 2.04 bits per heavy atom. The summed E-state index contributed by atoms with van der Waals surface area (Å²) in [6.07, 6.45) is 1.15. The highest BCUT2D eigenvalue weighted by Gasteiger charge is 2.26. The predicted molar refractivity (Wildman–Crippen MR) is 80.3 cm³/mol. The van der Waals surface area contributed by atoms with E-state index in [0.717, 1.165) is 6.20 Å². The number of nitro groups is 1. The molecule has 3 rings (SSSR count). The van der Waals surface area contributed by atoms with Gasteiger partial charge in [0, 0.05) is 19.2 Å². The molecule has 0 saturated carbocycles. The number of ether oxygens (including phenoxy) is 2. The Bertz CT molecular complexity index is 804. The first-order valence-corrected chi connectivity index (χ1v) is 6.92. The average Bonchev–Trinajstić information content (AvgIpc) is 2.90. The van der Waals surface area contributed by atoms with Crippen molar-refractivity contribution in [1.82, 2.24) is 9.78 Å². The summed E-state index contributed by atoms with van der Waals surface area (Å²) in [5, 5.41) is 17.5. The Labute approximate surface area is 134 Å². The number of carbonyl (C=O) groups excluding carboxylic acids is 1. The van der Waals surface area contributed by atoms with Crippen LogP contribution in [0.3, 0.4) is 0 Å². The Morgan fingerprint density at radius 1 is 1.39 bits per heavy atom. The highest BCUT2D eigenvalue weighted by Crippen LogP contribution is 2.38. The lowest BCUT2D eigenvalue weighted by Gasteiger charge is -2.19. The first-order valence-electron chi connectivity index (χ1n) is 6.54. The minimum Gasteiger partial charge on any atom is -0.486 e. The molecular formula is C13H11ClN4O5. The molecule has 120 valence electrons. The van der Waals surface area contributed by atoms with Crippen molar-refractivity contribution in [1.29, 1.82) is 0 Å². The number of hydrogen-bond donors (Lipinski definition) is 1. The van der Waals surface area contributed by atoms with Crippen molar-refractivity contribution in [2.24, 2.45) is 7.05 Å². The van der Waals surface area contributed by atoms with Crippen LogP contribution in [0, 0.1) is 10.1 Å². The summed E-state index contributed by atoms with van der Waals surface area (Å²) in [5.74, 6) is 0.172. The highest BCUT2D eigenvalue weighted by molar-refractivity contribution is 6.34. The fraction of sp³-hybridized carbons (Fsp3) is 0.231. The van der Waals surface area contributed by atoms with Crippen LogP contribution in [0.2, 0.25) is 5.02 Å². The highest BCUT2D eigenvalue weighted by atomic mass is 35.5. The van der Waals surface area contributed by atoms with E-state index in [1.165, 1.54) is 23.9 Å². The van der Waals surface area contributed by atoms with Gasteiger partial charge in [-0.05, 0) is 0 Å². The summed E-state index contributed by atoms with van der Waals surface area (Å²) in [6, 6.07) is 3.02. The second kappa shape index (κ2) is 5.76. The number of halogens is 1. The Morgan fingerprint density at radius 3 is 2.70 bits per heavy atom. The molecule has 0 bridgehead atoms. The fourth-order valence-electron chi connectivity index (χ4n) is 2.11. The van der Waals surface area contributed by atoms with E-state index in [4.69, 9.17) is 21.1 Å². The summed E-state index contributed by atoms with van der Waals surface area (Å²) in [5.41, 5.74) is -0.442. The summed E-state index contributed by atoms with van der Waals surface area (Å²) >= 11 is 6.09. The van der Waals surface area contributed by atoms with Gasteiger partial charge in [-0.25, -0.2) is 0 Å². The number of benzene rings is 1. The third kappa shape index (κ3) is 2.90. The number of anilines is 1. The number of carbonyl (C=O) groups is 1. The van der Waals surface area contributed by atoms with Crippen LogP contribution >= 0.6 is 11.6 Å². The smallest absolute Gasteiger partial charge is 0.320 e. The van der Waals surface area contributed by atoms with Crippen molar-refractivity contribution in [3.8, 4) is 11.5 Å². The van der Waals surface area contributed by atoms with Crippen molar-refractivity contribution >= 4 is 28.9 Å². The topological polar surface area (TPSA) is 109 Å². The zero-order valence-electron chi connectivity index (χ0n) is 11.9. The maximum absolute atomic E-state index is 12.3. The molecule has 1 aliphatic heterocycles. The molecule has 0 spiro atoms. The van der Waals surface area contributed by atoms with Gasteiger partial charge in [-0.2, -0.15) is 5.10 Å². The Hall–Kier alpha value is -2.81. The first kappa shape index (κ1) is 15.1. The average molecular weight is 339 g/mol. The largest absolute Gasteiger partial charge is 0.486 e. The van der Waals surface area contributed by atoms with E-state index in [-0.39, 0.29) is 16.4 Å². The molecule has 2 heterocycles. The number of aromatic nitrogens is 2. The molecule has 0 fully saturated rings. The van der Waals surface area contributed by atoms with E-state index in [1.54, 1.807) is 0 Å². The standard InChI is InChI=1S/C13H11ClN4O5/c1-17-6-9(18(20)21)12(16-17)13(19)15-8-5-11-10(4-7(8)14)22-2-3-23-11/h4-6H,2-3H2,1H3,(H,15,19). The van der Waals surface area contributed by atoms with Crippen LogP contribution in [-0.4, -0.2) is 33.8 Å². The summed E-state index contributed by atoms with van der Waals surface area (Å²) in [7, 11) is 1.49. The van der Waals surface area contributed by atoms with Gasteiger partial charge in [-0.15, -0.1) is 0 Å². The third-order valence-corrected chi connectivity index (χ3v) is 3.41. The van der Waals surface area contributed by atoms with Gasteiger partial charge in [0.05, 0.1) is 15.6 Å². The van der Waals surface area contributed by atoms with E-state index in [0.29, 0.717) is 24.7 Å². The van der Waals surface area contributed by atoms with E-state index in [1.807, 2.05) is 0 Å². The molecule has 0 radical (unpaired) electrons. The fourth-order valence-corrected chi connectivity index (χ4v) is 2.31. The van der Waals surface area contributed by atoms with Crippen LogP contribution in [0.1, 0.15) is 10.5 Å². The predicted octanol–water partition coefficient (Wildman–Crippen LogP) is 2.01. The van der Waals surface area contributed by atoms with E-state index in [9.17, 15) is 14.9 Å². The van der Waals surface area contributed by atoms with E-state index < -0.39 is 16.5 Å². The van der Waals surface area contributed by atoms with Crippen molar-refractivity contribution in [2.75, 3.05) is 18.5 Å². The number of amides is 1. The van der Waals surface area contributed by atoms with Crippen LogP contribution in [0.5, 0.6) is 11.5 Å². The third-order valence-electron chi connectivity index (χ3n) is 3.10. The molecule has 1 aromatic heterocycles. The summed E-state index contributed by atoms with van der Waals surface area (Å²) < 4.78 is 12.0. The van der Waals surface area contributed by atoms with Crippen LogP contribution in [0.15, 0.2) is 18.3 Å². The van der Waals surface area contributed by atoms with E-state index >= 15 is 0 Å². The maximum Gasteiger partial charge on any atom is 0.320 e. The number of nitrogens with one attached hydrogen (secondary N) is 1.